The van der Waals surface area contributed by atoms with Gasteiger partial charge in [0.25, 0.3) is 0 Å². The molecule has 0 bridgehead atoms. The van der Waals surface area contributed by atoms with E-state index in [4.69, 9.17) is 18.9 Å². The maximum atomic E-state index is 12.1. The fraction of sp³-hybridized carbons (Fsp3) is 0.737. The number of hydrogen-bond acceptors (Lipinski definition) is 10. The van der Waals surface area contributed by atoms with Crippen molar-refractivity contribution >= 4 is 23.4 Å². The Morgan fingerprint density at radius 2 is 1.16 bits per heavy atom. The fourth-order valence-corrected chi connectivity index (χ4v) is 7.41. The van der Waals surface area contributed by atoms with Crippen molar-refractivity contribution < 1.29 is 38.1 Å². The predicted molar refractivity (Wildman–Crippen MR) is 188 cm³/mol. The van der Waals surface area contributed by atoms with Crippen LogP contribution in [0.15, 0.2) is 8.83 Å². The van der Waals surface area contributed by atoms with Gasteiger partial charge in [0.05, 0.1) is 6.61 Å². The molecule has 2 amide bonds. The highest BCUT2D eigenvalue weighted by atomic mass is 16.6. The van der Waals surface area contributed by atoms with Gasteiger partial charge in [-0.2, -0.15) is 0 Å². The third-order valence-electron chi connectivity index (χ3n) is 10.1. The van der Waals surface area contributed by atoms with Crippen molar-refractivity contribution in [1.29, 1.82) is 0 Å². The Morgan fingerprint density at radius 1 is 0.740 bits per heavy atom. The number of nitrogens with zero attached hydrogens (tertiary/aromatic N) is 2. The van der Waals surface area contributed by atoms with Gasteiger partial charge in [-0.1, -0.05) is 89.9 Å². The summed E-state index contributed by atoms with van der Waals surface area (Å²) in [6.45, 7) is 8.62. The first-order chi connectivity index (χ1) is 24.0. The number of aromatic nitrogens is 2. The Kier molecular flexibility index (Phi) is 17.9. The molecule has 2 aromatic heterocycles. The summed E-state index contributed by atoms with van der Waals surface area (Å²) < 4.78 is 11.4. The van der Waals surface area contributed by atoms with Crippen LogP contribution in [-0.4, -0.2) is 45.2 Å². The summed E-state index contributed by atoms with van der Waals surface area (Å²) in [4.78, 5) is 60.6. The maximum Gasteiger partial charge on any atom is 0.244 e. The number of nitrogens with one attached hydrogen (secondary N) is 2. The summed E-state index contributed by atoms with van der Waals surface area (Å²) >= 11 is 0. The molecule has 2 aromatic rings. The molecule has 280 valence electrons. The van der Waals surface area contributed by atoms with Crippen LogP contribution in [0.5, 0.6) is 0 Å². The molecule has 0 aliphatic heterocycles. The van der Waals surface area contributed by atoms with Gasteiger partial charge in [0, 0.05) is 38.5 Å². The first kappa shape index (κ1) is 41.0. The summed E-state index contributed by atoms with van der Waals surface area (Å²) in [6.07, 6.45) is 19.6. The highest BCUT2D eigenvalue weighted by Gasteiger charge is 2.26. The Labute approximate surface area is 297 Å². The normalized spacial score (nSPS) is 16.6. The lowest BCUT2D eigenvalue weighted by atomic mass is 9.84. The molecule has 0 aromatic carbocycles. The van der Waals surface area contributed by atoms with Crippen molar-refractivity contribution in [2.45, 2.75) is 162 Å². The molecule has 2 aliphatic rings. The third kappa shape index (κ3) is 13.7. The van der Waals surface area contributed by atoms with Gasteiger partial charge in [-0.3, -0.25) is 29.2 Å². The number of rotatable bonds is 18. The van der Waals surface area contributed by atoms with E-state index in [-0.39, 0.29) is 42.2 Å². The molecule has 0 unspecified atom stereocenters. The number of hydroxylamine groups is 2. The highest BCUT2D eigenvalue weighted by Crippen LogP contribution is 2.33. The van der Waals surface area contributed by atoms with E-state index in [1.54, 1.807) is 19.3 Å². The number of ketones is 2. The number of aryl methyl sites for hydroxylation is 2. The summed E-state index contributed by atoms with van der Waals surface area (Å²) in [5.74, 6) is 2.26. The molecule has 2 aliphatic carbocycles. The molecule has 12 heteroatoms. The molecule has 0 radical (unpaired) electrons. The number of Topliss-reactive ketones (excluding diaryl/α,β-unsaturated/α-hetero) is 2. The molecule has 2 heterocycles. The van der Waals surface area contributed by atoms with Crippen molar-refractivity contribution in [2.75, 3.05) is 6.61 Å². The minimum Gasteiger partial charge on any atom is -0.445 e. The van der Waals surface area contributed by atoms with Crippen molar-refractivity contribution in [1.82, 2.24) is 20.9 Å². The Hall–Kier alpha value is -3.38. The van der Waals surface area contributed by atoms with E-state index in [2.05, 4.69) is 15.4 Å². The van der Waals surface area contributed by atoms with E-state index in [1.165, 1.54) is 84.5 Å². The van der Waals surface area contributed by atoms with Gasteiger partial charge < -0.3 is 8.83 Å². The molecule has 2 fully saturated rings. The Balaban J connectivity index is 0.000000271. The standard InChI is InChI=1S/C20H32N2O4.C18H28N2O4/c1-4-25-22-18(24)13-17(12-8-11-16-9-6-5-7-10-16)20-21-19(14(2)23)15(3)26-20;1-12(21)17-13(2)24-18(19-17)15(11-16(22)20-23)10-6-9-14-7-4-3-5-8-14/h16-17H,4-13H2,1-3H3,(H,22,24);14-15,23H,3-11H2,1-2H3,(H,20,22)/t17-;15-/m11/s1. The Morgan fingerprint density at radius 3 is 1.52 bits per heavy atom. The molecule has 12 nitrogen and oxygen atoms in total. The van der Waals surface area contributed by atoms with Crippen LogP contribution in [0.2, 0.25) is 0 Å². The van der Waals surface area contributed by atoms with E-state index in [0.29, 0.717) is 41.3 Å². The van der Waals surface area contributed by atoms with Crippen LogP contribution in [-0.2, 0) is 14.4 Å². The van der Waals surface area contributed by atoms with Crippen LogP contribution in [0.25, 0.3) is 0 Å². The second-order valence-electron chi connectivity index (χ2n) is 14.2. The van der Waals surface area contributed by atoms with Gasteiger partial charge >= 0.3 is 0 Å². The quantitative estimate of drug-likeness (QED) is 0.0778. The number of carbonyl (C=O) groups excluding carboxylic acids is 4. The second kappa shape index (κ2) is 21.8. The zero-order valence-electron chi connectivity index (χ0n) is 30.9. The van der Waals surface area contributed by atoms with Crippen LogP contribution in [0.3, 0.4) is 0 Å². The van der Waals surface area contributed by atoms with Crippen LogP contribution in [0.1, 0.15) is 192 Å². The number of amides is 2. The zero-order valence-corrected chi connectivity index (χ0v) is 30.9. The molecule has 3 N–H and O–H groups in total. The van der Waals surface area contributed by atoms with Crippen molar-refractivity contribution in [3.8, 4) is 0 Å². The molecule has 0 spiro atoms. The molecule has 50 heavy (non-hydrogen) atoms. The lowest BCUT2D eigenvalue weighted by molar-refractivity contribution is -0.133. The summed E-state index contributed by atoms with van der Waals surface area (Å²) in [6, 6.07) is 0. The van der Waals surface area contributed by atoms with Crippen LogP contribution in [0, 0.1) is 25.7 Å². The smallest absolute Gasteiger partial charge is 0.244 e. The van der Waals surface area contributed by atoms with E-state index < -0.39 is 5.91 Å². The molecule has 4 rings (SSSR count). The first-order valence-corrected chi connectivity index (χ1v) is 18.8. The van der Waals surface area contributed by atoms with Gasteiger partial charge in [0.2, 0.25) is 11.8 Å². The average Bonchev–Trinajstić information content (AvgIpc) is 3.70. The van der Waals surface area contributed by atoms with Gasteiger partial charge in [0.1, 0.15) is 22.9 Å². The monoisotopic (exact) mass is 700 g/mol. The van der Waals surface area contributed by atoms with Crippen LogP contribution >= 0.6 is 0 Å². The molecular weight excluding hydrogens is 640 g/mol. The highest BCUT2D eigenvalue weighted by molar-refractivity contribution is 5.93. The van der Waals surface area contributed by atoms with E-state index >= 15 is 0 Å². The van der Waals surface area contributed by atoms with E-state index in [0.717, 1.165) is 43.9 Å². The van der Waals surface area contributed by atoms with Gasteiger partial charge in [-0.05, 0) is 45.4 Å². The van der Waals surface area contributed by atoms with Crippen molar-refractivity contribution in [3.05, 3.63) is 34.7 Å². The van der Waals surface area contributed by atoms with Crippen LogP contribution < -0.4 is 11.0 Å². The molecule has 2 saturated carbocycles. The molecular formula is C38H60N4O8. The summed E-state index contributed by atoms with van der Waals surface area (Å²) in [5.41, 5.74) is 4.80. The van der Waals surface area contributed by atoms with Gasteiger partial charge in [-0.25, -0.2) is 20.9 Å². The molecule has 2 atom stereocenters. The van der Waals surface area contributed by atoms with Crippen molar-refractivity contribution in [2.24, 2.45) is 11.8 Å². The van der Waals surface area contributed by atoms with E-state index in [1.807, 2.05) is 6.92 Å². The number of hydrogen-bond donors (Lipinski definition) is 3. The van der Waals surface area contributed by atoms with Gasteiger partial charge in [-0.15, -0.1) is 0 Å². The molecule has 0 saturated heterocycles. The van der Waals surface area contributed by atoms with Crippen LogP contribution in [0.4, 0.5) is 0 Å². The lowest BCUT2D eigenvalue weighted by Gasteiger charge is -2.22. The predicted octanol–water partition coefficient (Wildman–Crippen LogP) is 8.39. The number of carbonyl (C=O) groups is 4. The van der Waals surface area contributed by atoms with Gasteiger partial charge in [0.15, 0.2) is 23.3 Å². The SMILES string of the molecule is CC(=O)c1nc([C@H](CCCC2CCCCC2)CC(=O)NO)oc1C.CCONC(=O)C[C@@H](CCCC1CCCCC1)c1nc(C(C)=O)c(C)o1. The minimum atomic E-state index is -0.460. The Bertz CT molecular complexity index is 1360. The summed E-state index contributed by atoms with van der Waals surface area (Å²) in [7, 11) is 0. The summed E-state index contributed by atoms with van der Waals surface area (Å²) in [5, 5.41) is 8.80. The third-order valence-corrected chi connectivity index (χ3v) is 10.1. The average molecular weight is 701 g/mol. The zero-order chi connectivity index (χ0) is 36.5. The van der Waals surface area contributed by atoms with E-state index in [9.17, 15) is 19.2 Å². The fourth-order valence-electron chi connectivity index (χ4n) is 7.41. The largest absolute Gasteiger partial charge is 0.445 e. The minimum absolute atomic E-state index is 0.110. The first-order valence-electron chi connectivity index (χ1n) is 18.8. The maximum absolute atomic E-state index is 12.1. The second-order valence-corrected chi connectivity index (χ2v) is 14.2. The van der Waals surface area contributed by atoms with Crippen molar-refractivity contribution in [3.63, 3.8) is 0 Å². The lowest BCUT2D eigenvalue weighted by Crippen LogP contribution is -2.25. The number of oxazole rings is 2. The topological polar surface area (TPSA) is 174 Å².